The number of anilines is 1. The summed E-state index contributed by atoms with van der Waals surface area (Å²) in [4.78, 5) is 1.24. The second kappa shape index (κ2) is 4.13. The van der Waals surface area contributed by atoms with Crippen LogP contribution in [0, 0.1) is 0 Å². The van der Waals surface area contributed by atoms with E-state index in [0.717, 1.165) is 11.1 Å². The maximum absolute atomic E-state index is 5.93. The molecule has 0 aliphatic heterocycles. The van der Waals surface area contributed by atoms with Crippen molar-refractivity contribution in [1.29, 1.82) is 0 Å². The maximum atomic E-state index is 5.93. The monoisotopic (exact) mass is 218 g/mol. The summed E-state index contributed by atoms with van der Waals surface area (Å²) in [6, 6.07) is 12.3. The first-order valence-corrected chi connectivity index (χ1v) is 5.58. The Hall–Kier alpha value is -1.19. The molecule has 2 N–H and O–H groups in total. The molecule has 0 aromatic heterocycles. The van der Waals surface area contributed by atoms with Crippen molar-refractivity contribution < 1.29 is 0 Å². The van der Waals surface area contributed by atoms with Gasteiger partial charge in [-0.2, -0.15) is 0 Å². The van der Waals surface area contributed by atoms with Crippen LogP contribution in [0.25, 0.3) is 10.8 Å². The smallest absolute Gasteiger partial charge is 0.0394 e. The number of hydrogen-bond acceptors (Lipinski definition) is 3. The van der Waals surface area contributed by atoms with Gasteiger partial charge in [0.1, 0.15) is 0 Å². The van der Waals surface area contributed by atoms with E-state index in [9.17, 15) is 0 Å². The normalized spacial score (nSPS) is 11.1. The van der Waals surface area contributed by atoms with Gasteiger partial charge in [-0.25, -0.2) is 0 Å². The highest BCUT2D eigenvalue weighted by molar-refractivity contribution is 7.97. The fraction of sp³-hybridized carbons (Fsp3) is 0.167. The molecule has 15 heavy (non-hydrogen) atoms. The summed E-state index contributed by atoms with van der Waals surface area (Å²) in [5.74, 6) is 0. The number of nitrogens with zero attached hydrogens (tertiary/aromatic N) is 1. The third-order valence-corrected chi connectivity index (χ3v) is 3.11. The Morgan fingerprint density at radius 2 is 1.67 bits per heavy atom. The Kier molecular flexibility index (Phi) is 2.84. The summed E-state index contributed by atoms with van der Waals surface area (Å²) >= 11 is 1.71. The molecular formula is C12H14N2S. The number of nitrogen functional groups attached to an aromatic ring is 1. The van der Waals surface area contributed by atoms with E-state index in [1.54, 1.807) is 11.9 Å². The Labute approximate surface area is 94.2 Å². The summed E-state index contributed by atoms with van der Waals surface area (Å²) in [5, 5.41) is 2.35. The van der Waals surface area contributed by atoms with Gasteiger partial charge in [0, 0.05) is 16.0 Å². The Balaban J connectivity index is 2.61. The third kappa shape index (κ3) is 2.08. The molecule has 0 saturated heterocycles. The SMILES string of the molecule is CN(C)Sc1cccc2c(N)cccc12. The van der Waals surface area contributed by atoms with Crippen LogP contribution in [0.15, 0.2) is 41.3 Å². The van der Waals surface area contributed by atoms with Gasteiger partial charge in [-0.15, -0.1) is 0 Å². The molecule has 0 amide bonds. The lowest BCUT2D eigenvalue weighted by molar-refractivity contribution is 0.703. The number of nitrogens with two attached hydrogens (primary N) is 1. The fourth-order valence-corrected chi connectivity index (χ4v) is 2.39. The van der Waals surface area contributed by atoms with Crippen molar-refractivity contribution in [2.45, 2.75) is 4.90 Å². The van der Waals surface area contributed by atoms with Crippen molar-refractivity contribution in [3.8, 4) is 0 Å². The highest BCUT2D eigenvalue weighted by Gasteiger charge is 2.04. The van der Waals surface area contributed by atoms with Crippen LogP contribution in [0.1, 0.15) is 0 Å². The molecule has 0 radical (unpaired) electrons. The molecule has 0 saturated carbocycles. The van der Waals surface area contributed by atoms with E-state index in [1.165, 1.54) is 10.3 Å². The van der Waals surface area contributed by atoms with Crippen LogP contribution in [-0.4, -0.2) is 18.4 Å². The van der Waals surface area contributed by atoms with Gasteiger partial charge < -0.3 is 5.73 Å². The van der Waals surface area contributed by atoms with Gasteiger partial charge >= 0.3 is 0 Å². The van der Waals surface area contributed by atoms with Gasteiger partial charge in [0.25, 0.3) is 0 Å². The first kappa shape index (κ1) is 10.3. The van der Waals surface area contributed by atoms with Crippen molar-refractivity contribution in [3.05, 3.63) is 36.4 Å². The molecule has 78 valence electrons. The predicted molar refractivity (Wildman–Crippen MR) is 67.9 cm³/mol. The van der Waals surface area contributed by atoms with Crippen LogP contribution in [0.4, 0.5) is 5.69 Å². The largest absolute Gasteiger partial charge is 0.398 e. The van der Waals surface area contributed by atoms with Crippen LogP contribution >= 0.6 is 11.9 Å². The minimum Gasteiger partial charge on any atom is -0.398 e. The zero-order valence-corrected chi connectivity index (χ0v) is 9.71. The maximum Gasteiger partial charge on any atom is 0.0394 e. The molecule has 2 aromatic rings. The lowest BCUT2D eigenvalue weighted by Crippen LogP contribution is -1.99. The zero-order chi connectivity index (χ0) is 10.8. The van der Waals surface area contributed by atoms with Crippen molar-refractivity contribution >= 4 is 28.4 Å². The van der Waals surface area contributed by atoms with E-state index in [-0.39, 0.29) is 0 Å². The number of rotatable bonds is 2. The molecule has 0 bridgehead atoms. The Bertz CT molecular complexity index is 480. The second-order valence-electron chi connectivity index (χ2n) is 3.60. The van der Waals surface area contributed by atoms with Gasteiger partial charge in [0.05, 0.1) is 0 Å². The molecule has 0 aliphatic carbocycles. The standard InChI is InChI=1S/C12H14N2S/c1-14(2)15-12-8-4-5-9-10(12)6-3-7-11(9)13/h3-8H,13H2,1-2H3. The van der Waals surface area contributed by atoms with Gasteiger partial charge in [0.2, 0.25) is 0 Å². The lowest BCUT2D eigenvalue weighted by Gasteiger charge is -2.11. The lowest BCUT2D eigenvalue weighted by atomic mass is 10.1. The second-order valence-corrected chi connectivity index (χ2v) is 4.95. The van der Waals surface area contributed by atoms with Crippen LogP contribution < -0.4 is 5.73 Å². The quantitative estimate of drug-likeness (QED) is 0.620. The minimum atomic E-state index is 0.841. The molecule has 0 atom stereocenters. The summed E-state index contributed by atoms with van der Waals surface area (Å²) in [6.45, 7) is 0. The first-order valence-electron chi connectivity index (χ1n) is 4.81. The highest BCUT2D eigenvalue weighted by Crippen LogP contribution is 2.31. The average Bonchev–Trinajstić information content (AvgIpc) is 2.19. The minimum absolute atomic E-state index is 0.841. The van der Waals surface area contributed by atoms with Crippen molar-refractivity contribution in [1.82, 2.24) is 4.31 Å². The molecule has 0 fully saturated rings. The van der Waals surface area contributed by atoms with Crippen LogP contribution in [0.3, 0.4) is 0 Å². The average molecular weight is 218 g/mol. The van der Waals surface area contributed by atoms with Gasteiger partial charge in [0.15, 0.2) is 0 Å². The van der Waals surface area contributed by atoms with Gasteiger partial charge in [-0.1, -0.05) is 24.3 Å². The van der Waals surface area contributed by atoms with Crippen LogP contribution in [0.2, 0.25) is 0 Å². The van der Waals surface area contributed by atoms with E-state index in [2.05, 4.69) is 22.5 Å². The van der Waals surface area contributed by atoms with Gasteiger partial charge in [-0.05, 0) is 43.6 Å². The molecule has 2 rings (SSSR count). The summed E-state index contributed by atoms with van der Waals surface area (Å²) in [7, 11) is 4.07. The number of fused-ring (bicyclic) bond motifs is 1. The van der Waals surface area contributed by atoms with Crippen molar-refractivity contribution in [2.75, 3.05) is 19.8 Å². The molecule has 0 unspecified atom stereocenters. The van der Waals surface area contributed by atoms with Crippen molar-refractivity contribution in [2.24, 2.45) is 0 Å². The third-order valence-electron chi connectivity index (χ3n) is 2.20. The summed E-state index contributed by atoms with van der Waals surface area (Å²) in [6.07, 6.45) is 0. The van der Waals surface area contributed by atoms with Crippen LogP contribution in [-0.2, 0) is 0 Å². The highest BCUT2D eigenvalue weighted by atomic mass is 32.2. The number of hydrogen-bond donors (Lipinski definition) is 1. The Morgan fingerprint density at radius 1 is 1.00 bits per heavy atom. The molecule has 0 spiro atoms. The summed E-state index contributed by atoms with van der Waals surface area (Å²) in [5.41, 5.74) is 6.77. The van der Waals surface area contributed by atoms with E-state index >= 15 is 0 Å². The topological polar surface area (TPSA) is 29.3 Å². The van der Waals surface area contributed by atoms with Crippen molar-refractivity contribution in [3.63, 3.8) is 0 Å². The van der Waals surface area contributed by atoms with E-state index in [4.69, 9.17) is 5.73 Å². The fourth-order valence-electron chi connectivity index (χ4n) is 1.58. The molecule has 3 heteroatoms. The van der Waals surface area contributed by atoms with E-state index in [0.29, 0.717) is 0 Å². The summed E-state index contributed by atoms with van der Waals surface area (Å²) < 4.78 is 2.08. The predicted octanol–water partition coefficient (Wildman–Crippen LogP) is 2.99. The molecular weight excluding hydrogens is 204 g/mol. The molecule has 0 aliphatic rings. The van der Waals surface area contributed by atoms with Gasteiger partial charge in [-0.3, -0.25) is 4.31 Å². The Morgan fingerprint density at radius 3 is 2.40 bits per heavy atom. The van der Waals surface area contributed by atoms with E-state index in [1.807, 2.05) is 32.3 Å². The van der Waals surface area contributed by atoms with E-state index < -0.39 is 0 Å². The first-order chi connectivity index (χ1) is 7.18. The molecule has 2 nitrogen and oxygen atoms in total. The number of benzene rings is 2. The molecule has 0 heterocycles. The zero-order valence-electron chi connectivity index (χ0n) is 8.90. The molecule has 2 aromatic carbocycles. The van der Waals surface area contributed by atoms with Crippen LogP contribution in [0.5, 0.6) is 0 Å².